The minimum atomic E-state index is -3.93. The topological polar surface area (TPSA) is 166 Å². The molecule has 278 valence electrons. The van der Waals surface area contributed by atoms with E-state index in [2.05, 4.69) is 4.74 Å². The predicted octanol–water partition coefficient (Wildman–Crippen LogP) is 7.90. The number of aromatic nitrogens is 2. The molecule has 0 spiro atoms. The number of Topliss-reactive ketones (excluding diaryl/α,β-unsaturated/α-hetero) is 1. The van der Waals surface area contributed by atoms with Gasteiger partial charge >= 0.3 is 5.97 Å². The summed E-state index contributed by atoms with van der Waals surface area (Å²) in [5, 5.41) is 0.311. The molecule has 13 nitrogen and oxygen atoms in total. The van der Waals surface area contributed by atoms with E-state index in [-0.39, 0.29) is 71.5 Å². The number of carbonyl (C=O) groups is 2. The van der Waals surface area contributed by atoms with Crippen molar-refractivity contribution in [2.45, 2.75) is 30.6 Å². The number of ether oxygens (including phenoxy) is 3. The molecule has 6 aromatic rings. The number of carbonyl (C=O) groups excluding carboxylic acids is 2. The highest BCUT2D eigenvalue weighted by Crippen LogP contribution is 2.39. The van der Waals surface area contributed by atoms with Gasteiger partial charge in [0, 0.05) is 31.5 Å². The molecular weight excluding hydrogens is 771 g/mol. The molecular formula is C36H32Cl2N2O11S2. The molecule has 0 bridgehead atoms. The van der Waals surface area contributed by atoms with Crippen LogP contribution in [0.3, 0.4) is 0 Å². The second kappa shape index (κ2) is 15.4. The van der Waals surface area contributed by atoms with Gasteiger partial charge < -0.3 is 23.0 Å². The Morgan fingerprint density at radius 1 is 0.623 bits per heavy atom. The Bertz CT molecular complexity index is 2530. The summed E-state index contributed by atoms with van der Waals surface area (Å²) >= 11 is 12.4. The van der Waals surface area contributed by atoms with Gasteiger partial charge in [0.05, 0.1) is 41.2 Å². The van der Waals surface area contributed by atoms with Gasteiger partial charge in [-0.2, -0.15) is 0 Å². The van der Waals surface area contributed by atoms with Crippen LogP contribution in [-0.4, -0.2) is 57.9 Å². The SMILES string of the molecule is COC(=O)c1oc(-c2c(Cl)ccn2S(=O)(=O)c2ccc(C)cc2)cc1OC.COc1cc(-c2c(Cl)ccn2S(=O)(=O)c2ccc(C)cc2)oc1C(C)=O. The molecule has 0 aliphatic heterocycles. The van der Waals surface area contributed by atoms with Crippen LogP contribution < -0.4 is 9.47 Å². The normalized spacial score (nSPS) is 11.5. The third-order valence-corrected chi connectivity index (χ3v) is 11.7. The molecule has 0 radical (unpaired) electrons. The number of halogens is 2. The lowest BCUT2D eigenvalue weighted by Gasteiger charge is -2.10. The number of hydrogen-bond donors (Lipinski definition) is 0. The molecule has 6 rings (SSSR count). The summed E-state index contributed by atoms with van der Waals surface area (Å²) < 4.78 is 80.1. The average molecular weight is 804 g/mol. The Hall–Kier alpha value is -5.22. The fourth-order valence-electron chi connectivity index (χ4n) is 5.05. The maximum Gasteiger partial charge on any atom is 0.377 e. The maximum absolute atomic E-state index is 13.0. The van der Waals surface area contributed by atoms with E-state index in [4.69, 9.17) is 41.5 Å². The van der Waals surface area contributed by atoms with Crippen LogP contribution in [-0.2, 0) is 24.8 Å². The van der Waals surface area contributed by atoms with E-state index in [1.165, 1.54) is 89.2 Å². The third-order valence-electron chi connectivity index (χ3n) is 7.75. The van der Waals surface area contributed by atoms with Crippen LogP contribution in [0.25, 0.3) is 22.9 Å². The van der Waals surface area contributed by atoms with Crippen LogP contribution >= 0.6 is 23.2 Å². The van der Waals surface area contributed by atoms with E-state index in [1.807, 2.05) is 13.8 Å². The van der Waals surface area contributed by atoms with Gasteiger partial charge in [-0.15, -0.1) is 0 Å². The number of furan rings is 2. The Morgan fingerprint density at radius 3 is 1.34 bits per heavy atom. The molecule has 0 saturated carbocycles. The minimum Gasteiger partial charge on any atom is -0.493 e. The van der Waals surface area contributed by atoms with Crippen molar-refractivity contribution in [3.8, 4) is 34.4 Å². The summed E-state index contributed by atoms with van der Waals surface area (Å²) in [5.74, 6) is -0.795. The minimum absolute atomic E-state index is 0.000879. The van der Waals surface area contributed by atoms with Crippen LogP contribution in [0.2, 0.25) is 10.0 Å². The highest BCUT2D eigenvalue weighted by molar-refractivity contribution is 7.90. The zero-order valence-electron chi connectivity index (χ0n) is 29.0. The van der Waals surface area contributed by atoms with Crippen molar-refractivity contribution in [2.75, 3.05) is 21.3 Å². The first kappa shape index (κ1) is 39.0. The van der Waals surface area contributed by atoms with E-state index in [0.717, 1.165) is 19.1 Å². The Morgan fingerprint density at radius 2 is 1.00 bits per heavy atom. The summed E-state index contributed by atoms with van der Waals surface area (Å²) in [6.07, 6.45) is 2.66. The van der Waals surface area contributed by atoms with Crippen LogP contribution in [0.4, 0.5) is 0 Å². The Kier molecular flexibility index (Phi) is 11.3. The number of benzene rings is 2. The van der Waals surface area contributed by atoms with Crippen molar-refractivity contribution < 1.29 is 49.5 Å². The lowest BCUT2D eigenvalue weighted by atomic mass is 10.2. The molecule has 17 heteroatoms. The molecule has 0 aliphatic rings. The van der Waals surface area contributed by atoms with Crippen molar-refractivity contribution in [3.63, 3.8) is 0 Å². The number of nitrogens with zero attached hydrogens (tertiary/aromatic N) is 2. The van der Waals surface area contributed by atoms with E-state index in [1.54, 1.807) is 24.3 Å². The van der Waals surface area contributed by atoms with Crippen LogP contribution in [0.5, 0.6) is 11.5 Å². The summed E-state index contributed by atoms with van der Waals surface area (Å²) in [4.78, 5) is 23.7. The highest BCUT2D eigenvalue weighted by Gasteiger charge is 2.29. The highest BCUT2D eigenvalue weighted by atomic mass is 35.5. The van der Waals surface area contributed by atoms with Crippen LogP contribution in [0, 0.1) is 13.8 Å². The zero-order valence-corrected chi connectivity index (χ0v) is 32.2. The third kappa shape index (κ3) is 7.64. The molecule has 4 heterocycles. The first-order valence-corrected chi connectivity index (χ1v) is 19.0. The number of methoxy groups -OCH3 is 3. The lowest BCUT2D eigenvalue weighted by molar-refractivity contribution is 0.0561. The van der Waals surface area contributed by atoms with Crippen LogP contribution in [0.1, 0.15) is 39.2 Å². The van der Waals surface area contributed by atoms with Gasteiger partial charge in [-0.25, -0.2) is 29.6 Å². The van der Waals surface area contributed by atoms with Gasteiger partial charge in [0.25, 0.3) is 25.8 Å². The van der Waals surface area contributed by atoms with Gasteiger partial charge in [-0.05, 0) is 50.2 Å². The maximum atomic E-state index is 13.0. The summed E-state index contributed by atoms with van der Waals surface area (Å²) in [5.41, 5.74) is 2.07. The summed E-state index contributed by atoms with van der Waals surface area (Å²) in [7, 11) is -3.89. The van der Waals surface area contributed by atoms with Gasteiger partial charge in [0.2, 0.25) is 5.76 Å². The molecule has 0 aliphatic carbocycles. The van der Waals surface area contributed by atoms with Gasteiger partial charge in [-0.1, -0.05) is 58.6 Å². The second-order valence-electron chi connectivity index (χ2n) is 11.3. The largest absolute Gasteiger partial charge is 0.493 e. The van der Waals surface area contributed by atoms with Gasteiger partial charge in [-0.3, -0.25) is 4.79 Å². The number of esters is 1. The molecule has 0 N–H and O–H groups in total. The number of aryl methyl sites for hydroxylation is 2. The summed E-state index contributed by atoms with van der Waals surface area (Å²) in [6, 6.07) is 18.6. The fourth-order valence-corrected chi connectivity index (χ4v) is 8.35. The monoisotopic (exact) mass is 802 g/mol. The van der Waals surface area contributed by atoms with Crippen molar-refractivity contribution in [3.05, 3.63) is 118 Å². The molecule has 0 atom stereocenters. The zero-order chi connectivity index (χ0) is 38.8. The van der Waals surface area contributed by atoms with Gasteiger partial charge in [0.15, 0.2) is 28.8 Å². The van der Waals surface area contributed by atoms with Crippen LogP contribution in [0.15, 0.2) is 104 Å². The van der Waals surface area contributed by atoms with Gasteiger partial charge in [0.1, 0.15) is 11.4 Å². The standard InChI is InChI=1S/C18H16ClNO6S.C18H16ClNO5S/c1-11-4-6-12(7-5-11)27(22,23)20-9-8-13(19)16(20)14-10-15(24-2)17(26-14)18(21)25-3;1-11-4-6-13(7-5-11)26(22,23)20-9-8-14(19)17(20)15-10-16(24-3)18(25-15)12(2)21/h4-10H,1-3H3;4-10H,1-3H3. The molecule has 0 fully saturated rings. The molecule has 53 heavy (non-hydrogen) atoms. The Balaban J connectivity index is 0.000000204. The average Bonchev–Trinajstić information content (AvgIpc) is 3.93. The van der Waals surface area contributed by atoms with E-state index in [0.29, 0.717) is 0 Å². The molecule has 0 unspecified atom stereocenters. The van der Waals surface area contributed by atoms with Crippen molar-refractivity contribution in [2.24, 2.45) is 0 Å². The molecule has 2 aromatic carbocycles. The van der Waals surface area contributed by atoms with Crippen molar-refractivity contribution in [1.82, 2.24) is 7.94 Å². The summed E-state index contributed by atoms with van der Waals surface area (Å²) in [6.45, 7) is 5.05. The lowest BCUT2D eigenvalue weighted by Crippen LogP contribution is -2.13. The molecule has 4 aromatic heterocycles. The first-order valence-electron chi connectivity index (χ1n) is 15.4. The quantitative estimate of drug-likeness (QED) is 0.0976. The number of rotatable bonds is 10. The van der Waals surface area contributed by atoms with Crippen molar-refractivity contribution >= 4 is 55.0 Å². The van der Waals surface area contributed by atoms with E-state index < -0.39 is 26.0 Å². The Labute approximate surface area is 315 Å². The number of ketones is 1. The smallest absolute Gasteiger partial charge is 0.377 e. The molecule has 0 amide bonds. The van der Waals surface area contributed by atoms with E-state index in [9.17, 15) is 26.4 Å². The number of hydrogen-bond acceptors (Lipinski definition) is 11. The predicted molar refractivity (Wildman–Crippen MR) is 196 cm³/mol. The molecule has 0 saturated heterocycles. The first-order chi connectivity index (χ1) is 25.0. The second-order valence-corrected chi connectivity index (χ2v) is 15.8. The van der Waals surface area contributed by atoms with Crippen molar-refractivity contribution in [1.29, 1.82) is 0 Å². The van der Waals surface area contributed by atoms with E-state index >= 15 is 0 Å². The fraction of sp³-hybridized carbons (Fsp3) is 0.167.